The van der Waals surface area contributed by atoms with Gasteiger partial charge in [-0.05, 0) is 49.1 Å². The van der Waals surface area contributed by atoms with Crippen LogP contribution in [0.5, 0.6) is 0 Å². The molecule has 2 aromatic heterocycles. The number of nitrogens with one attached hydrogen (secondary N) is 1. The minimum Gasteiger partial charge on any atom is -0.379 e. The Balaban J connectivity index is 1.44. The molecule has 5 nitrogen and oxygen atoms in total. The molecule has 1 fully saturated rings. The lowest BCUT2D eigenvalue weighted by atomic mass is 9.93. The molecule has 2 aromatic rings. The first kappa shape index (κ1) is 15.8. The Hall–Kier alpha value is -1.66. The fourth-order valence-electron chi connectivity index (χ4n) is 3.67. The zero-order valence-electron chi connectivity index (χ0n) is 13.8. The summed E-state index contributed by atoms with van der Waals surface area (Å²) in [6.07, 6.45) is 5.31. The Morgan fingerprint density at radius 1 is 1.38 bits per heavy atom. The van der Waals surface area contributed by atoms with Crippen molar-refractivity contribution >= 4 is 17.2 Å². The maximum atomic E-state index is 12.7. The highest BCUT2D eigenvalue weighted by Gasteiger charge is 2.32. The Morgan fingerprint density at radius 3 is 3.08 bits per heavy atom. The van der Waals surface area contributed by atoms with E-state index in [1.165, 1.54) is 24.0 Å². The molecule has 4 rings (SSSR count). The van der Waals surface area contributed by atoms with E-state index in [-0.39, 0.29) is 17.9 Å². The summed E-state index contributed by atoms with van der Waals surface area (Å²) in [5, 5.41) is 9.28. The van der Waals surface area contributed by atoms with E-state index in [4.69, 9.17) is 9.26 Å². The summed E-state index contributed by atoms with van der Waals surface area (Å²) < 4.78 is 10.9. The van der Waals surface area contributed by atoms with E-state index in [1.807, 2.05) is 13.0 Å². The number of hydrogen-bond acceptors (Lipinski definition) is 5. The third kappa shape index (κ3) is 3.13. The normalized spacial score (nSPS) is 23.2. The minimum atomic E-state index is 0.0317. The molecule has 1 aliphatic carbocycles. The van der Waals surface area contributed by atoms with Crippen molar-refractivity contribution in [1.82, 2.24) is 10.5 Å². The van der Waals surface area contributed by atoms with E-state index >= 15 is 0 Å². The summed E-state index contributed by atoms with van der Waals surface area (Å²) in [7, 11) is 0. The maximum absolute atomic E-state index is 12.7. The predicted octanol–water partition coefficient (Wildman–Crippen LogP) is 2.91. The number of aromatic nitrogens is 1. The van der Waals surface area contributed by atoms with E-state index in [0.29, 0.717) is 13.2 Å². The number of ether oxygens (including phenoxy) is 1. The molecule has 0 spiro atoms. The topological polar surface area (TPSA) is 64.4 Å². The lowest BCUT2D eigenvalue weighted by molar-refractivity contribution is 0.0927. The second-order valence-corrected chi connectivity index (χ2v) is 7.67. The summed E-state index contributed by atoms with van der Waals surface area (Å²) in [5.74, 6) is 1.14. The van der Waals surface area contributed by atoms with E-state index in [1.54, 1.807) is 11.3 Å². The molecule has 1 amide bonds. The van der Waals surface area contributed by atoms with Crippen LogP contribution in [0.25, 0.3) is 0 Å². The molecule has 0 radical (unpaired) electrons. The Labute approximate surface area is 145 Å². The highest BCUT2D eigenvalue weighted by Crippen LogP contribution is 2.30. The van der Waals surface area contributed by atoms with Gasteiger partial charge in [-0.15, -0.1) is 11.3 Å². The second kappa shape index (κ2) is 6.69. The molecular formula is C18H22N2O3S. The molecule has 0 bridgehead atoms. The number of carbonyl (C=O) groups excluding carboxylic acids is 1. The number of thiophene rings is 1. The Bertz CT molecular complexity index is 736. The molecule has 24 heavy (non-hydrogen) atoms. The van der Waals surface area contributed by atoms with Crippen molar-refractivity contribution in [1.29, 1.82) is 0 Å². The van der Waals surface area contributed by atoms with Gasteiger partial charge in [0.15, 0.2) is 0 Å². The predicted molar refractivity (Wildman–Crippen MR) is 91.5 cm³/mol. The lowest BCUT2D eigenvalue weighted by Gasteiger charge is -2.19. The molecule has 2 aliphatic rings. The summed E-state index contributed by atoms with van der Waals surface area (Å²) >= 11 is 1.58. The summed E-state index contributed by atoms with van der Waals surface area (Å²) in [5.41, 5.74) is 3.52. The maximum Gasteiger partial charge on any atom is 0.261 e. The average Bonchev–Trinajstić information content (AvgIpc) is 3.28. The minimum absolute atomic E-state index is 0.0317. The molecule has 0 saturated carbocycles. The molecule has 6 heteroatoms. The first-order chi connectivity index (χ1) is 11.7. The van der Waals surface area contributed by atoms with Gasteiger partial charge >= 0.3 is 0 Å². The van der Waals surface area contributed by atoms with Gasteiger partial charge in [-0.3, -0.25) is 4.79 Å². The van der Waals surface area contributed by atoms with Gasteiger partial charge in [0.1, 0.15) is 5.76 Å². The monoisotopic (exact) mass is 346 g/mol. The zero-order chi connectivity index (χ0) is 16.5. The fourth-order valence-corrected chi connectivity index (χ4v) is 4.74. The van der Waals surface area contributed by atoms with Crippen LogP contribution in [0.4, 0.5) is 0 Å². The van der Waals surface area contributed by atoms with Crippen LogP contribution < -0.4 is 5.32 Å². The molecule has 0 aromatic carbocycles. The number of rotatable bonds is 4. The zero-order valence-corrected chi connectivity index (χ0v) is 14.7. The van der Waals surface area contributed by atoms with Crippen LogP contribution in [0.15, 0.2) is 16.0 Å². The fraction of sp³-hybridized carbons (Fsp3) is 0.556. The largest absolute Gasteiger partial charge is 0.379 e. The van der Waals surface area contributed by atoms with Crippen LogP contribution in [0.2, 0.25) is 0 Å². The van der Waals surface area contributed by atoms with Gasteiger partial charge in [-0.1, -0.05) is 5.16 Å². The van der Waals surface area contributed by atoms with Gasteiger partial charge in [0.2, 0.25) is 0 Å². The molecule has 128 valence electrons. The van der Waals surface area contributed by atoms with E-state index in [9.17, 15) is 4.79 Å². The van der Waals surface area contributed by atoms with Gasteiger partial charge in [0.05, 0.1) is 29.8 Å². The second-order valence-electron chi connectivity index (χ2n) is 6.79. The van der Waals surface area contributed by atoms with Crippen LogP contribution in [0.1, 0.15) is 45.1 Å². The number of aryl methyl sites for hydroxylation is 2. The molecule has 3 heterocycles. The summed E-state index contributed by atoms with van der Waals surface area (Å²) in [4.78, 5) is 13.6. The van der Waals surface area contributed by atoms with Crippen LogP contribution in [-0.4, -0.2) is 30.3 Å². The van der Waals surface area contributed by atoms with Crippen molar-refractivity contribution in [2.24, 2.45) is 5.92 Å². The highest BCUT2D eigenvalue weighted by molar-refractivity contribution is 7.12. The molecule has 0 unspecified atom stereocenters. The van der Waals surface area contributed by atoms with Gasteiger partial charge in [0, 0.05) is 18.4 Å². The highest BCUT2D eigenvalue weighted by atomic mass is 32.1. The van der Waals surface area contributed by atoms with Crippen LogP contribution in [0.3, 0.4) is 0 Å². The standard InChI is InChI=1S/C18H22N2O3S/c1-11-6-14(23-20-11)7-13-8-22-9-16(13)19-18(21)17-15-5-3-2-4-12(15)10-24-17/h6,10,13,16H,2-5,7-9H2,1H3,(H,19,21)/t13-,16+/m1/s1. The third-order valence-electron chi connectivity index (χ3n) is 4.96. The lowest BCUT2D eigenvalue weighted by Crippen LogP contribution is -2.40. The smallest absolute Gasteiger partial charge is 0.261 e. The first-order valence-corrected chi connectivity index (χ1v) is 9.48. The number of carbonyl (C=O) groups is 1. The summed E-state index contributed by atoms with van der Waals surface area (Å²) in [6.45, 7) is 3.13. The molecule has 1 N–H and O–H groups in total. The average molecular weight is 346 g/mol. The molecule has 2 atom stereocenters. The van der Waals surface area contributed by atoms with Crippen LogP contribution in [0, 0.1) is 12.8 Å². The van der Waals surface area contributed by atoms with Crippen molar-refractivity contribution in [2.45, 2.75) is 45.1 Å². The number of amides is 1. The number of fused-ring (bicyclic) bond motifs is 1. The summed E-state index contributed by atoms with van der Waals surface area (Å²) in [6, 6.07) is 1.98. The van der Waals surface area contributed by atoms with E-state index in [0.717, 1.165) is 35.6 Å². The molecule has 1 saturated heterocycles. The third-order valence-corrected chi connectivity index (χ3v) is 6.03. The first-order valence-electron chi connectivity index (χ1n) is 8.61. The molecular weight excluding hydrogens is 324 g/mol. The van der Waals surface area contributed by atoms with Gasteiger partial charge in [-0.2, -0.15) is 0 Å². The van der Waals surface area contributed by atoms with Gasteiger partial charge in [-0.25, -0.2) is 0 Å². The van der Waals surface area contributed by atoms with Crippen LogP contribution >= 0.6 is 11.3 Å². The van der Waals surface area contributed by atoms with E-state index < -0.39 is 0 Å². The number of nitrogens with zero attached hydrogens (tertiary/aromatic N) is 1. The van der Waals surface area contributed by atoms with Crippen molar-refractivity contribution < 1.29 is 14.1 Å². The Kier molecular flexibility index (Phi) is 4.41. The van der Waals surface area contributed by atoms with Gasteiger partial charge < -0.3 is 14.6 Å². The molecule has 1 aliphatic heterocycles. The number of hydrogen-bond donors (Lipinski definition) is 1. The van der Waals surface area contributed by atoms with Crippen LogP contribution in [-0.2, 0) is 24.0 Å². The quantitative estimate of drug-likeness (QED) is 0.924. The van der Waals surface area contributed by atoms with E-state index in [2.05, 4.69) is 15.9 Å². The Morgan fingerprint density at radius 2 is 2.25 bits per heavy atom. The van der Waals surface area contributed by atoms with Crippen molar-refractivity contribution in [3.8, 4) is 0 Å². The van der Waals surface area contributed by atoms with Crippen molar-refractivity contribution in [3.05, 3.63) is 38.9 Å². The van der Waals surface area contributed by atoms with Crippen molar-refractivity contribution in [2.75, 3.05) is 13.2 Å². The SMILES string of the molecule is Cc1cc(C[C@@H]2COC[C@@H]2NC(=O)c2scc3c2CCCC3)on1. The van der Waals surface area contributed by atoms with Gasteiger partial charge in [0.25, 0.3) is 5.91 Å². The van der Waals surface area contributed by atoms with Crippen molar-refractivity contribution in [3.63, 3.8) is 0 Å².